The minimum atomic E-state index is -0.446. The smallest absolute Gasteiger partial charge is 0.0905 e. The largest absolute Gasteiger partial charge is 0.193 e. The molecule has 4 heteroatoms. The van der Waals surface area contributed by atoms with Gasteiger partial charge in [0, 0.05) is 28.6 Å². The maximum Gasteiger partial charge on any atom is 0.0905 e. The molecule has 0 saturated heterocycles. The van der Waals surface area contributed by atoms with Crippen LogP contribution in [0.15, 0.2) is 116 Å². The molecule has 0 atom stereocenters. The van der Waals surface area contributed by atoms with E-state index in [-0.39, 0.29) is 16.5 Å². The molecule has 0 spiro atoms. The number of rotatable bonds is 3. The average molecular weight is 427 g/mol. The van der Waals surface area contributed by atoms with Gasteiger partial charge in [-0.05, 0) is 23.8 Å². The summed E-state index contributed by atoms with van der Waals surface area (Å²) in [6, 6.07) is 35.7. The molecule has 0 unspecified atom stereocenters. The number of hydrogen-bond acceptors (Lipinski definition) is 2. The topological polar surface area (TPSA) is 47.6 Å². The van der Waals surface area contributed by atoms with Gasteiger partial charge in [-0.15, -0.1) is 0 Å². The van der Waals surface area contributed by atoms with Crippen molar-refractivity contribution in [3.8, 4) is 12.1 Å². The van der Waals surface area contributed by atoms with E-state index in [1.807, 2.05) is 0 Å². The molecular weight excluding hydrogens is 406 g/mol. The van der Waals surface area contributed by atoms with E-state index in [2.05, 4.69) is 104 Å². The van der Waals surface area contributed by atoms with Gasteiger partial charge < -0.3 is 0 Å². The first-order valence-electron chi connectivity index (χ1n) is 8.24. The summed E-state index contributed by atoms with van der Waals surface area (Å²) in [5.41, 5.74) is 0. The first-order valence-corrected chi connectivity index (χ1v) is 9.59. The van der Waals surface area contributed by atoms with Crippen LogP contribution >= 0.6 is 7.92 Å². The predicted molar refractivity (Wildman–Crippen MR) is 117 cm³/mol. The number of nitrogens with zero attached hydrogens (tertiary/aromatic N) is 2. The normalized spacial score (nSPS) is 8.25. The Bertz CT molecular complexity index is 771. The molecule has 0 aliphatic heterocycles. The van der Waals surface area contributed by atoms with Crippen molar-refractivity contribution >= 4 is 23.8 Å². The van der Waals surface area contributed by atoms with E-state index in [4.69, 9.17) is 10.5 Å². The van der Waals surface area contributed by atoms with Gasteiger partial charge in [0.1, 0.15) is 0 Å². The van der Waals surface area contributed by atoms with E-state index >= 15 is 0 Å². The summed E-state index contributed by atoms with van der Waals surface area (Å²) in [4.78, 5) is 0. The Morgan fingerprint density at radius 2 is 0.786 bits per heavy atom. The number of hydrogen-bond donors (Lipinski definition) is 0. The molecule has 0 heterocycles. The van der Waals surface area contributed by atoms with Crippen molar-refractivity contribution in [2.24, 2.45) is 0 Å². The molecule has 0 N–H and O–H groups in total. The molecule has 0 amide bonds. The summed E-state index contributed by atoms with van der Waals surface area (Å²) in [6.45, 7) is 6.24. The summed E-state index contributed by atoms with van der Waals surface area (Å²) in [6.07, 6.45) is 2.36. The van der Waals surface area contributed by atoms with Crippen molar-refractivity contribution < 1.29 is 16.5 Å². The number of nitriles is 2. The van der Waals surface area contributed by atoms with Gasteiger partial charge in [-0.2, -0.15) is 10.5 Å². The van der Waals surface area contributed by atoms with Gasteiger partial charge in [-0.1, -0.05) is 104 Å². The molecule has 3 aromatic rings. The van der Waals surface area contributed by atoms with Crippen LogP contribution in [0, 0.1) is 22.7 Å². The van der Waals surface area contributed by atoms with Crippen LogP contribution in [0.1, 0.15) is 0 Å². The zero-order chi connectivity index (χ0) is 19.7. The number of allylic oxidation sites excluding steroid dienone is 2. The molecule has 2 nitrogen and oxygen atoms in total. The quantitative estimate of drug-likeness (QED) is 0.342. The fourth-order valence-electron chi connectivity index (χ4n) is 2.18. The Morgan fingerprint density at radius 1 is 0.571 bits per heavy atom. The average Bonchev–Trinajstić information content (AvgIpc) is 2.76. The second kappa shape index (κ2) is 16.2. The fourth-order valence-corrected chi connectivity index (χ4v) is 4.48. The van der Waals surface area contributed by atoms with Crippen molar-refractivity contribution in [2.75, 3.05) is 0 Å². The predicted octanol–water partition coefficient (Wildman–Crippen LogP) is 4.83. The first-order chi connectivity index (χ1) is 13.3. The van der Waals surface area contributed by atoms with E-state index in [0.717, 1.165) is 0 Å². The summed E-state index contributed by atoms with van der Waals surface area (Å²) in [5, 5.41) is 19.2. The molecule has 0 saturated carbocycles. The third-order valence-electron chi connectivity index (χ3n) is 3.23. The number of benzene rings is 3. The van der Waals surface area contributed by atoms with Crippen LogP contribution in [-0.2, 0) is 16.5 Å². The fraction of sp³-hybridized carbons (Fsp3) is 0. The molecule has 0 aromatic heterocycles. The van der Waals surface area contributed by atoms with Crippen molar-refractivity contribution in [3.63, 3.8) is 0 Å². The second-order valence-electron chi connectivity index (χ2n) is 5.01. The third kappa shape index (κ3) is 9.12. The SMILES string of the molecule is C=CC#N.C=CC#N.[Ni].c1ccc(P(c2ccccc2)c2ccccc2)cc1. The summed E-state index contributed by atoms with van der Waals surface area (Å²) < 4.78 is 0. The zero-order valence-corrected chi connectivity index (χ0v) is 17.3. The van der Waals surface area contributed by atoms with Crippen LogP contribution < -0.4 is 15.9 Å². The molecule has 0 aliphatic rings. The minimum Gasteiger partial charge on any atom is -0.193 e. The van der Waals surface area contributed by atoms with Gasteiger partial charge in [0.05, 0.1) is 12.1 Å². The Kier molecular flexibility index (Phi) is 14.5. The van der Waals surface area contributed by atoms with Gasteiger partial charge in [0.15, 0.2) is 0 Å². The Labute approximate surface area is 179 Å². The molecule has 3 rings (SSSR count). The van der Waals surface area contributed by atoms with E-state index in [1.54, 1.807) is 12.1 Å². The summed E-state index contributed by atoms with van der Waals surface area (Å²) in [7, 11) is -0.446. The minimum absolute atomic E-state index is 0. The molecule has 0 aliphatic carbocycles. The van der Waals surface area contributed by atoms with Crippen molar-refractivity contribution in [2.45, 2.75) is 0 Å². The zero-order valence-electron chi connectivity index (χ0n) is 15.4. The van der Waals surface area contributed by atoms with Crippen molar-refractivity contribution in [1.82, 2.24) is 0 Å². The maximum atomic E-state index is 7.51. The van der Waals surface area contributed by atoms with Gasteiger partial charge >= 0.3 is 0 Å². The van der Waals surface area contributed by atoms with Crippen molar-refractivity contribution in [3.05, 3.63) is 116 Å². The first kappa shape index (κ1) is 25.0. The van der Waals surface area contributed by atoms with Crippen LogP contribution in [0.5, 0.6) is 0 Å². The maximum absolute atomic E-state index is 7.51. The molecule has 0 fully saturated rings. The van der Waals surface area contributed by atoms with Gasteiger partial charge in [0.2, 0.25) is 0 Å². The van der Waals surface area contributed by atoms with E-state index < -0.39 is 7.92 Å². The van der Waals surface area contributed by atoms with E-state index in [9.17, 15) is 0 Å². The van der Waals surface area contributed by atoms with Crippen molar-refractivity contribution in [1.29, 1.82) is 10.5 Å². The Balaban J connectivity index is 0.000000697. The Morgan fingerprint density at radius 3 is 0.964 bits per heavy atom. The molecule has 0 radical (unpaired) electrons. The van der Waals surface area contributed by atoms with Crippen LogP contribution in [0.4, 0.5) is 0 Å². The van der Waals surface area contributed by atoms with E-state index in [0.29, 0.717) is 0 Å². The standard InChI is InChI=1S/C18H15P.2C3H3N.Ni/c1-4-10-16(11-5-1)19(17-12-6-2-7-13-17)18-14-8-3-9-15-18;2*1-2-3-4;/h1-15H;2*2H,1H2;. The van der Waals surface area contributed by atoms with Gasteiger partial charge in [0.25, 0.3) is 0 Å². The van der Waals surface area contributed by atoms with Gasteiger partial charge in [-0.25, -0.2) is 0 Å². The third-order valence-corrected chi connectivity index (χ3v) is 5.67. The van der Waals surface area contributed by atoms with Crippen LogP contribution in [0.2, 0.25) is 0 Å². The molecule has 28 heavy (non-hydrogen) atoms. The Hall–Kier alpha value is -2.96. The van der Waals surface area contributed by atoms with E-state index in [1.165, 1.54) is 28.1 Å². The molecular formula is C24H21N2NiP. The van der Waals surface area contributed by atoms with Crippen LogP contribution in [0.25, 0.3) is 0 Å². The monoisotopic (exact) mass is 426 g/mol. The summed E-state index contributed by atoms with van der Waals surface area (Å²) in [5.74, 6) is 0. The van der Waals surface area contributed by atoms with Crippen LogP contribution in [0.3, 0.4) is 0 Å². The second-order valence-corrected chi connectivity index (χ2v) is 7.23. The molecule has 3 aromatic carbocycles. The van der Waals surface area contributed by atoms with Gasteiger partial charge in [-0.3, -0.25) is 0 Å². The van der Waals surface area contributed by atoms with Crippen LogP contribution in [-0.4, -0.2) is 0 Å². The summed E-state index contributed by atoms with van der Waals surface area (Å²) >= 11 is 0. The molecule has 0 bridgehead atoms. The molecule has 142 valence electrons.